The van der Waals surface area contributed by atoms with Gasteiger partial charge in [-0.15, -0.1) is 11.8 Å². The molecule has 11 heteroatoms. The Balaban J connectivity index is 1.47. The van der Waals surface area contributed by atoms with Gasteiger partial charge >= 0.3 is 5.97 Å². The number of nitrogens with one attached hydrogen (secondary N) is 1. The molecule has 4 rings (SSSR count). The number of hydrogen-bond acceptors (Lipinski definition) is 7. The number of halogens is 1. The van der Waals surface area contributed by atoms with Crippen molar-refractivity contribution >= 4 is 41.0 Å². The number of hydrogen-bond donors (Lipinski definition) is 2. The molecular formula is C28H25FN2O7S. The molecule has 1 heterocycles. The fraction of sp³-hybridized carbons (Fsp3) is 0.214. The molecule has 0 aliphatic carbocycles. The van der Waals surface area contributed by atoms with Gasteiger partial charge in [-0.3, -0.25) is 19.2 Å². The van der Waals surface area contributed by atoms with Crippen molar-refractivity contribution in [2.45, 2.75) is 11.3 Å². The van der Waals surface area contributed by atoms with Crippen molar-refractivity contribution in [1.29, 1.82) is 0 Å². The normalized spacial score (nSPS) is 16.3. The summed E-state index contributed by atoms with van der Waals surface area (Å²) in [6.07, 6.45) is 0. The van der Waals surface area contributed by atoms with Gasteiger partial charge in [-0.2, -0.15) is 0 Å². The second-order valence-corrected chi connectivity index (χ2v) is 9.67. The maximum absolute atomic E-state index is 13.5. The van der Waals surface area contributed by atoms with Gasteiger partial charge in [0.15, 0.2) is 12.4 Å². The van der Waals surface area contributed by atoms with Crippen LogP contribution in [0.25, 0.3) is 0 Å². The molecule has 0 bridgehead atoms. The number of methoxy groups -OCH3 is 1. The van der Waals surface area contributed by atoms with Crippen LogP contribution in [0.5, 0.6) is 11.5 Å². The number of benzene rings is 3. The number of nitrogens with zero attached hydrogens (tertiary/aromatic N) is 1. The summed E-state index contributed by atoms with van der Waals surface area (Å²) in [5.74, 6) is -1.39. The van der Waals surface area contributed by atoms with E-state index in [1.54, 1.807) is 60.5 Å². The van der Waals surface area contributed by atoms with E-state index in [4.69, 9.17) is 14.6 Å². The minimum atomic E-state index is -1.16. The van der Waals surface area contributed by atoms with Crippen LogP contribution in [0.15, 0.2) is 72.8 Å². The van der Waals surface area contributed by atoms with E-state index in [9.17, 15) is 23.6 Å². The van der Waals surface area contributed by atoms with Gasteiger partial charge in [0.1, 0.15) is 29.1 Å². The molecule has 2 atom stereocenters. The van der Waals surface area contributed by atoms with Crippen molar-refractivity contribution in [3.05, 3.63) is 89.7 Å². The minimum Gasteiger partial charge on any atom is -0.497 e. The zero-order chi connectivity index (χ0) is 27.9. The lowest BCUT2D eigenvalue weighted by molar-refractivity contribution is -0.138. The number of aliphatic carboxylic acids is 1. The zero-order valence-electron chi connectivity index (χ0n) is 20.8. The van der Waals surface area contributed by atoms with Crippen LogP contribution in [0, 0.1) is 5.82 Å². The average Bonchev–Trinajstić information content (AvgIpc) is 2.95. The van der Waals surface area contributed by atoms with Crippen molar-refractivity contribution in [2.24, 2.45) is 0 Å². The fourth-order valence-electron chi connectivity index (χ4n) is 4.00. The van der Waals surface area contributed by atoms with Gasteiger partial charge in [0.05, 0.1) is 18.9 Å². The Hall–Kier alpha value is -4.38. The van der Waals surface area contributed by atoms with E-state index < -0.39 is 35.5 Å². The molecule has 3 aromatic carbocycles. The molecule has 1 aliphatic rings. The first-order valence-electron chi connectivity index (χ1n) is 11.9. The lowest BCUT2D eigenvalue weighted by atomic mass is 9.92. The number of amides is 2. The van der Waals surface area contributed by atoms with E-state index in [-0.39, 0.29) is 24.1 Å². The molecule has 39 heavy (non-hydrogen) atoms. The zero-order valence-corrected chi connectivity index (χ0v) is 21.7. The Kier molecular flexibility index (Phi) is 8.82. The van der Waals surface area contributed by atoms with E-state index in [0.717, 1.165) is 5.56 Å². The number of rotatable bonds is 12. The summed E-state index contributed by atoms with van der Waals surface area (Å²) in [5.41, 5.74) is 1.80. The van der Waals surface area contributed by atoms with Gasteiger partial charge < -0.3 is 24.8 Å². The molecule has 0 aromatic heterocycles. The quantitative estimate of drug-likeness (QED) is 0.259. The molecule has 0 saturated carbocycles. The van der Waals surface area contributed by atoms with Gasteiger partial charge in [-0.05, 0) is 66.2 Å². The number of β-lactam (4-membered cyclic amide) rings is 1. The van der Waals surface area contributed by atoms with Crippen molar-refractivity contribution in [1.82, 2.24) is 5.32 Å². The fourth-order valence-corrected chi connectivity index (χ4v) is 5.21. The standard InChI is InChI=1S/C28H25FN2O7S/c1-37-21-10-2-17(3-11-21)23(32)16-39-27-26(31(28(27)36)20-8-6-19(29)7-9-20)18-4-12-22(13-5-18)38-15-24(33)30-14-25(34)35/h2-13,26-27H,14-16H2,1H3,(H,30,33)(H,34,35). The first kappa shape index (κ1) is 27.6. The molecule has 1 fully saturated rings. The van der Waals surface area contributed by atoms with Gasteiger partial charge in [0, 0.05) is 11.3 Å². The van der Waals surface area contributed by atoms with Crippen LogP contribution in [0.3, 0.4) is 0 Å². The molecule has 1 saturated heterocycles. The molecule has 1 aliphatic heterocycles. The summed E-state index contributed by atoms with van der Waals surface area (Å²) in [6.45, 7) is -0.863. The highest BCUT2D eigenvalue weighted by Crippen LogP contribution is 2.45. The Labute approximate surface area is 227 Å². The van der Waals surface area contributed by atoms with Crippen LogP contribution < -0.4 is 19.7 Å². The van der Waals surface area contributed by atoms with Crippen LogP contribution in [-0.2, 0) is 14.4 Å². The van der Waals surface area contributed by atoms with Gasteiger partial charge in [-0.1, -0.05) is 12.1 Å². The number of anilines is 1. The van der Waals surface area contributed by atoms with Crippen LogP contribution in [0.4, 0.5) is 10.1 Å². The minimum absolute atomic E-state index is 0.0865. The summed E-state index contributed by atoms with van der Waals surface area (Å²) in [5, 5.41) is 10.3. The Morgan fingerprint density at radius 1 is 0.974 bits per heavy atom. The maximum atomic E-state index is 13.5. The van der Waals surface area contributed by atoms with Crippen molar-refractivity contribution in [2.75, 3.05) is 30.9 Å². The summed E-state index contributed by atoms with van der Waals surface area (Å²) in [7, 11) is 1.54. The molecule has 2 amide bonds. The lowest BCUT2D eigenvalue weighted by Crippen LogP contribution is -2.57. The average molecular weight is 553 g/mol. The van der Waals surface area contributed by atoms with Crippen molar-refractivity contribution in [3.63, 3.8) is 0 Å². The highest BCUT2D eigenvalue weighted by Gasteiger charge is 2.49. The van der Waals surface area contributed by atoms with Crippen LogP contribution >= 0.6 is 11.8 Å². The summed E-state index contributed by atoms with van der Waals surface area (Å²) in [4.78, 5) is 49.8. The van der Waals surface area contributed by atoms with Gasteiger partial charge in [0.25, 0.3) is 5.91 Å². The third-order valence-electron chi connectivity index (χ3n) is 5.98. The Bertz CT molecular complexity index is 1350. The Morgan fingerprint density at radius 3 is 2.23 bits per heavy atom. The van der Waals surface area contributed by atoms with Crippen LogP contribution in [0.1, 0.15) is 22.0 Å². The van der Waals surface area contributed by atoms with E-state index in [1.165, 1.54) is 36.0 Å². The molecule has 9 nitrogen and oxygen atoms in total. The molecular weight excluding hydrogens is 527 g/mol. The SMILES string of the molecule is COc1ccc(C(=O)CSC2C(=O)N(c3ccc(F)cc3)C2c2ccc(OCC(=O)NCC(=O)O)cc2)cc1. The number of thioether (sulfide) groups is 1. The van der Waals surface area contributed by atoms with Gasteiger partial charge in [0.2, 0.25) is 5.91 Å². The summed E-state index contributed by atoms with van der Waals surface area (Å²) >= 11 is 1.24. The number of carbonyl (C=O) groups excluding carboxylic acids is 3. The smallest absolute Gasteiger partial charge is 0.322 e. The third-order valence-corrected chi connectivity index (χ3v) is 7.23. The highest BCUT2D eigenvalue weighted by molar-refractivity contribution is 8.01. The van der Waals surface area contributed by atoms with Crippen LogP contribution in [0.2, 0.25) is 0 Å². The number of carboxylic acid groups (broad SMARTS) is 1. The van der Waals surface area contributed by atoms with E-state index >= 15 is 0 Å². The number of Topliss-reactive ketones (excluding diaryl/α,β-unsaturated/α-hetero) is 1. The van der Waals surface area contributed by atoms with E-state index in [2.05, 4.69) is 5.32 Å². The second kappa shape index (κ2) is 12.4. The summed E-state index contributed by atoms with van der Waals surface area (Å²) < 4.78 is 24.1. The first-order valence-corrected chi connectivity index (χ1v) is 12.9. The lowest BCUT2D eigenvalue weighted by Gasteiger charge is -2.47. The second-order valence-electron chi connectivity index (χ2n) is 8.54. The number of carbonyl (C=O) groups is 4. The van der Waals surface area contributed by atoms with Crippen LogP contribution in [-0.4, -0.2) is 59.9 Å². The number of ketones is 1. The topological polar surface area (TPSA) is 122 Å². The monoisotopic (exact) mass is 552 g/mol. The largest absolute Gasteiger partial charge is 0.497 e. The molecule has 2 unspecified atom stereocenters. The van der Waals surface area contributed by atoms with Crippen molar-refractivity contribution < 1.29 is 38.1 Å². The summed E-state index contributed by atoms with van der Waals surface area (Å²) in [6, 6.07) is 18.7. The molecule has 2 N–H and O–H groups in total. The number of ether oxygens (including phenoxy) is 2. The number of carboxylic acids is 1. The molecule has 3 aromatic rings. The van der Waals surface area contributed by atoms with Crippen molar-refractivity contribution in [3.8, 4) is 11.5 Å². The molecule has 202 valence electrons. The maximum Gasteiger partial charge on any atom is 0.322 e. The first-order chi connectivity index (χ1) is 18.8. The highest BCUT2D eigenvalue weighted by atomic mass is 32.2. The van der Waals surface area contributed by atoms with E-state index in [1.807, 2.05) is 0 Å². The third kappa shape index (κ3) is 6.74. The molecule has 0 radical (unpaired) electrons. The predicted octanol–water partition coefficient (Wildman–Crippen LogP) is 3.49. The molecule has 0 spiro atoms. The Morgan fingerprint density at radius 2 is 1.62 bits per heavy atom. The predicted molar refractivity (Wildman–Crippen MR) is 143 cm³/mol. The van der Waals surface area contributed by atoms with Gasteiger partial charge in [-0.25, -0.2) is 4.39 Å². The van der Waals surface area contributed by atoms with E-state index in [0.29, 0.717) is 22.7 Å².